The molecule has 25 heavy (non-hydrogen) atoms. The third-order valence-corrected chi connectivity index (χ3v) is 6.68. The zero-order valence-corrected chi connectivity index (χ0v) is 14.9. The van der Waals surface area contributed by atoms with Crippen LogP contribution < -0.4 is 5.32 Å². The van der Waals surface area contributed by atoms with Crippen LogP contribution in [0, 0.1) is 5.82 Å². The quantitative estimate of drug-likeness (QED) is 0.766. The molecule has 2 fully saturated rings. The van der Waals surface area contributed by atoms with Crippen LogP contribution in [0.3, 0.4) is 0 Å². The molecular formula is C16H22FN3O4S. The Balaban J connectivity index is 1.85. The molecular weight excluding hydrogens is 349 g/mol. The second-order valence-corrected chi connectivity index (χ2v) is 8.10. The summed E-state index contributed by atoms with van der Waals surface area (Å²) in [7, 11) is -2.87. The minimum atomic E-state index is -3.97. The number of hydrogen-bond donors (Lipinski definition) is 1. The zero-order chi connectivity index (χ0) is 18.0. The summed E-state index contributed by atoms with van der Waals surface area (Å²) < 4.78 is 45.9. The number of halogens is 1. The molecule has 0 aliphatic carbocycles. The van der Waals surface area contributed by atoms with Crippen molar-refractivity contribution in [1.29, 1.82) is 0 Å². The molecule has 0 amide bonds. The molecule has 1 atom stereocenters. The van der Waals surface area contributed by atoms with E-state index in [-0.39, 0.29) is 10.9 Å². The van der Waals surface area contributed by atoms with Gasteiger partial charge in [0.05, 0.1) is 12.0 Å². The molecule has 9 heteroatoms. The van der Waals surface area contributed by atoms with Gasteiger partial charge in [0.15, 0.2) is 0 Å². The number of carbonyl (C=O) groups is 1. The molecule has 7 nitrogen and oxygen atoms in total. The molecule has 0 saturated carbocycles. The Hall–Kier alpha value is -1.55. The van der Waals surface area contributed by atoms with Gasteiger partial charge >= 0.3 is 5.97 Å². The lowest BCUT2D eigenvalue weighted by atomic mass is 10.2. The van der Waals surface area contributed by atoms with Gasteiger partial charge in [-0.25, -0.2) is 17.6 Å². The fourth-order valence-corrected chi connectivity index (χ4v) is 5.11. The lowest BCUT2D eigenvalue weighted by molar-refractivity contribution is 0.0590. The summed E-state index contributed by atoms with van der Waals surface area (Å²) in [4.78, 5) is 13.8. The molecule has 0 spiro atoms. The number of sulfonamides is 1. The minimum absolute atomic E-state index is 0.145. The predicted octanol–water partition coefficient (Wildman–Crippen LogP) is 0.281. The predicted molar refractivity (Wildman–Crippen MR) is 89.3 cm³/mol. The summed E-state index contributed by atoms with van der Waals surface area (Å²) in [6.45, 7) is 4.24. The number of esters is 1. The molecule has 1 aromatic rings. The normalized spacial score (nSPS) is 22.9. The van der Waals surface area contributed by atoms with Gasteiger partial charge in [0, 0.05) is 45.3 Å². The fourth-order valence-electron chi connectivity index (χ4n) is 3.43. The maximum Gasteiger partial charge on any atom is 0.342 e. The summed E-state index contributed by atoms with van der Waals surface area (Å²) in [5.74, 6) is -1.89. The maximum atomic E-state index is 14.1. The molecule has 138 valence electrons. The Bertz CT molecular complexity index is 750. The Kier molecular flexibility index (Phi) is 5.38. The Morgan fingerprint density at radius 3 is 2.68 bits per heavy atom. The van der Waals surface area contributed by atoms with Gasteiger partial charge in [-0.2, -0.15) is 4.31 Å². The van der Waals surface area contributed by atoms with Crippen molar-refractivity contribution in [2.45, 2.75) is 17.4 Å². The molecule has 0 bridgehead atoms. The number of rotatable bonds is 4. The highest BCUT2D eigenvalue weighted by molar-refractivity contribution is 7.89. The van der Waals surface area contributed by atoms with E-state index in [1.807, 2.05) is 0 Å². The van der Waals surface area contributed by atoms with E-state index >= 15 is 0 Å². The first-order valence-corrected chi connectivity index (χ1v) is 9.71. The zero-order valence-electron chi connectivity index (χ0n) is 14.1. The van der Waals surface area contributed by atoms with Gasteiger partial charge in [0.25, 0.3) is 0 Å². The van der Waals surface area contributed by atoms with E-state index in [0.29, 0.717) is 13.1 Å². The molecule has 2 aliphatic heterocycles. The van der Waals surface area contributed by atoms with Crippen LogP contribution >= 0.6 is 0 Å². The SMILES string of the molecule is COC(=O)c1c(F)cccc1S(=O)(=O)N1CCC(N2CCNCC2)C1. The largest absolute Gasteiger partial charge is 0.465 e. The highest BCUT2D eigenvalue weighted by atomic mass is 32.2. The van der Waals surface area contributed by atoms with Crippen LogP contribution in [0.15, 0.2) is 23.1 Å². The van der Waals surface area contributed by atoms with Gasteiger partial charge < -0.3 is 10.1 Å². The number of methoxy groups -OCH3 is 1. The van der Waals surface area contributed by atoms with Crippen LogP contribution in [-0.4, -0.2) is 76.0 Å². The first kappa shape index (κ1) is 18.2. The summed E-state index contributed by atoms with van der Waals surface area (Å²) in [5, 5.41) is 3.27. The average molecular weight is 371 g/mol. The van der Waals surface area contributed by atoms with Crippen molar-refractivity contribution in [3.05, 3.63) is 29.6 Å². The lowest BCUT2D eigenvalue weighted by Gasteiger charge is -2.32. The molecule has 2 aliphatic rings. The Morgan fingerprint density at radius 1 is 1.28 bits per heavy atom. The molecule has 1 N–H and O–H groups in total. The van der Waals surface area contributed by atoms with Crippen molar-refractivity contribution in [2.24, 2.45) is 0 Å². The number of carbonyl (C=O) groups excluding carboxylic acids is 1. The molecule has 2 heterocycles. The van der Waals surface area contributed by atoms with E-state index < -0.39 is 27.4 Å². The summed E-state index contributed by atoms with van der Waals surface area (Å²) >= 11 is 0. The van der Waals surface area contributed by atoms with E-state index in [1.54, 1.807) is 0 Å². The molecule has 1 unspecified atom stereocenters. The van der Waals surface area contributed by atoms with Crippen LogP contribution in [0.2, 0.25) is 0 Å². The highest BCUT2D eigenvalue weighted by Crippen LogP contribution is 2.27. The first-order chi connectivity index (χ1) is 11.9. The van der Waals surface area contributed by atoms with Crippen LogP contribution in [0.5, 0.6) is 0 Å². The minimum Gasteiger partial charge on any atom is -0.465 e. The monoisotopic (exact) mass is 371 g/mol. The van der Waals surface area contributed by atoms with Gasteiger partial charge in [-0.15, -0.1) is 0 Å². The molecule has 0 radical (unpaired) electrons. The summed E-state index contributed by atoms with van der Waals surface area (Å²) in [5.41, 5.74) is -0.532. The molecule has 3 rings (SSSR count). The summed E-state index contributed by atoms with van der Waals surface area (Å²) in [6.07, 6.45) is 0.724. The standard InChI is InChI=1S/C16H22FN3O4S/c1-24-16(21)15-13(17)3-2-4-14(15)25(22,23)20-8-5-12(11-20)19-9-6-18-7-10-19/h2-4,12,18H,5-11H2,1H3. The van der Waals surface area contributed by atoms with Crippen molar-refractivity contribution < 1.29 is 22.3 Å². The van der Waals surface area contributed by atoms with Crippen LogP contribution in [0.4, 0.5) is 4.39 Å². The van der Waals surface area contributed by atoms with Gasteiger partial charge in [-0.1, -0.05) is 6.07 Å². The Morgan fingerprint density at radius 2 is 2.00 bits per heavy atom. The van der Waals surface area contributed by atoms with Crippen molar-refractivity contribution >= 4 is 16.0 Å². The fraction of sp³-hybridized carbons (Fsp3) is 0.562. The number of benzene rings is 1. The molecule has 0 aromatic heterocycles. The van der Waals surface area contributed by atoms with E-state index in [0.717, 1.165) is 45.8 Å². The number of ether oxygens (including phenoxy) is 1. The average Bonchev–Trinajstić information content (AvgIpc) is 3.12. The third-order valence-electron chi connectivity index (χ3n) is 4.78. The van der Waals surface area contributed by atoms with Crippen molar-refractivity contribution in [3.63, 3.8) is 0 Å². The number of nitrogens with one attached hydrogen (secondary N) is 1. The van der Waals surface area contributed by atoms with Crippen LogP contribution in [0.1, 0.15) is 16.8 Å². The van der Waals surface area contributed by atoms with Crippen LogP contribution in [-0.2, 0) is 14.8 Å². The third kappa shape index (κ3) is 3.55. The number of piperazine rings is 1. The van der Waals surface area contributed by atoms with Crippen molar-refractivity contribution in [2.75, 3.05) is 46.4 Å². The van der Waals surface area contributed by atoms with E-state index in [9.17, 15) is 17.6 Å². The highest BCUT2D eigenvalue weighted by Gasteiger charge is 2.38. The maximum absolute atomic E-state index is 14.1. The number of hydrogen-bond acceptors (Lipinski definition) is 6. The van der Waals surface area contributed by atoms with E-state index in [2.05, 4.69) is 15.0 Å². The Labute approximate surface area is 146 Å². The van der Waals surface area contributed by atoms with Crippen LogP contribution in [0.25, 0.3) is 0 Å². The lowest BCUT2D eigenvalue weighted by Crippen LogP contribution is -2.49. The van der Waals surface area contributed by atoms with E-state index in [1.165, 1.54) is 16.4 Å². The topological polar surface area (TPSA) is 79.0 Å². The van der Waals surface area contributed by atoms with Crippen molar-refractivity contribution in [3.8, 4) is 0 Å². The second-order valence-electron chi connectivity index (χ2n) is 6.20. The smallest absolute Gasteiger partial charge is 0.342 e. The second kappa shape index (κ2) is 7.36. The van der Waals surface area contributed by atoms with Gasteiger partial charge in [-0.3, -0.25) is 4.90 Å². The molecule has 2 saturated heterocycles. The van der Waals surface area contributed by atoms with Gasteiger partial charge in [0.2, 0.25) is 10.0 Å². The first-order valence-electron chi connectivity index (χ1n) is 8.27. The van der Waals surface area contributed by atoms with E-state index in [4.69, 9.17) is 0 Å². The van der Waals surface area contributed by atoms with Crippen molar-refractivity contribution in [1.82, 2.24) is 14.5 Å². The number of nitrogens with zero attached hydrogens (tertiary/aromatic N) is 2. The van der Waals surface area contributed by atoms with Gasteiger partial charge in [-0.05, 0) is 18.6 Å². The molecule has 1 aromatic carbocycles. The van der Waals surface area contributed by atoms with Gasteiger partial charge in [0.1, 0.15) is 11.4 Å². The summed E-state index contributed by atoms with van der Waals surface area (Å²) in [6, 6.07) is 3.74.